The van der Waals surface area contributed by atoms with Crippen LogP contribution in [0.3, 0.4) is 0 Å². The van der Waals surface area contributed by atoms with E-state index in [1.54, 1.807) is 32.9 Å². The summed E-state index contributed by atoms with van der Waals surface area (Å²) in [4.78, 5) is 35.9. The molecule has 27 heavy (non-hydrogen) atoms. The van der Waals surface area contributed by atoms with Crippen molar-refractivity contribution >= 4 is 11.9 Å². The molecule has 1 saturated carbocycles. The van der Waals surface area contributed by atoms with Gasteiger partial charge in [0.05, 0.1) is 11.8 Å². The lowest BCUT2D eigenvalue weighted by atomic mass is 9.71. The predicted molar refractivity (Wildman–Crippen MR) is 93.0 cm³/mol. The van der Waals surface area contributed by atoms with E-state index in [1.165, 1.54) is 0 Å². The van der Waals surface area contributed by atoms with Crippen LogP contribution in [0.15, 0.2) is 36.0 Å². The molecule has 0 unspecified atom stereocenters. The third-order valence-electron chi connectivity index (χ3n) is 6.55. The van der Waals surface area contributed by atoms with Crippen LogP contribution in [0.4, 0.5) is 0 Å². The lowest BCUT2D eigenvalue weighted by Crippen LogP contribution is -2.56. The molecule has 7 atom stereocenters. The summed E-state index contributed by atoms with van der Waals surface area (Å²) in [7, 11) is 0. The topological polar surface area (TPSA) is 91.3 Å². The molecule has 2 bridgehead atoms. The number of hydrogen-bond donors (Lipinski definition) is 1. The summed E-state index contributed by atoms with van der Waals surface area (Å²) in [5, 5.41) is 11.4. The molecule has 0 amide bonds. The molecule has 2 saturated heterocycles. The van der Waals surface area contributed by atoms with E-state index in [9.17, 15) is 14.7 Å². The highest BCUT2D eigenvalue weighted by atomic mass is 17.2. The van der Waals surface area contributed by atoms with Crippen LogP contribution < -0.4 is 0 Å². The Kier molecular flexibility index (Phi) is 3.77. The zero-order chi connectivity index (χ0) is 19.8. The molecule has 2 heterocycles. The maximum atomic E-state index is 12.4. The van der Waals surface area contributed by atoms with E-state index in [2.05, 4.69) is 6.58 Å². The first-order valence-electron chi connectivity index (χ1n) is 9.09. The van der Waals surface area contributed by atoms with Crippen molar-refractivity contribution in [3.63, 3.8) is 0 Å². The standard InChI is InChI=1S/C20H24O7/c1-6-10(2)16(21)24-12-9-19(5,23)20-8-7-18(4,26-27-20)15(20)14-13(12)11(3)17(22)25-14/h6-8,12-15,23H,3,9H2,1-2,4-5H3/b10-6+/t12-,13+,14-,15-,18-,19+,20+/m0/s1. The van der Waals surface area contributed by atoms with Crippen molar-refractivity contribution in [2.75, 3.05) is 0 Å². The second-order valence-electron chi connectivity index (χ2n) is 8.27. The van der Waals surface area contributed by atoms with Gasteiger partial charge in [-0.05, 0) is 33.8 Å². The number of esters is 2. The first kappa shape index (κ1) is 18.4. The maximum Gasteiger partial charge on any atom is 0.334 e. The lowest BCUT2D eigenvalue weighted by molar-refractivity contribution is -0.361. The molecule has 2 aliphatic carbocycles. The maximum absolute atomic E-state index is 12.4. The molecule has 0 aromatic carbocycles. The number of carbonyl (C=O) groups excluding carboxylic acids is 2. The minimum Gasteiger partial charge on any atom is -0.458 e. The van der Waals surface area contributed by atoms with E-state index in [0.29, 0.717) is 5.57 Å². The fourth-order valence-corrected chi connectivity index (χ4v) is 4.87. The van der Waals surface area contributed by atoms with Gasteiger partial charge in [0.1, 0.15) is 23.4 Å². The van der Waals surface area contributed by atoms with Crippen LogP contribution in [0.1, 0.15) is 34.1 Å². The van der Waals surface area contributed by atoms with E-state index in [0.717, 1.165) is 0 Å². The summed E-state index contributed by atoms with van der Waals surface area (Å²) in [6.45, 7) is 10.7. The van der Waals surface area contributed by atoms with Gasteiger partial charge >= 0.3 is 11.9 Å². The van der Waals surface area contributed by atoms with Gasteiger partial charge in [-0.25, -0.2) is 19.4 Å². The van der Waals surface area contributed by atoms with Crippen molar-refractivity contribution in [2.24, 2.45) is 11.8 Å². The van der Waals surface area contributed by atoms with Crippen molar-refractivity contribution in [3.05, 3.63) is 36.0 Å². The van der Waals surface area contributed by atoms with E-state index >= 15 is 0 Å². The zero-order valence-electron chi connectivity index (χ0n) is 15.9. The fraction of sp³-hybridized carbons (Fsp3) is 0.600. The van der Waals surface area contributed by atoms with Crippen molar-refractivity contribution in [1.82, 2.24) is 0 Å². The second kappa shape index (κ2) is 5.53. The number of aliphatic hydroxyl groups is 1. The summed E-state index contributed by atoms with van der Waals surface area (Å²) >= 11 is 0. The van der Waals surface area contributed by atoms with Gasteiger partial charge in [-0.3, -0.25) is 0 Å². The molecule has 7 nitrogen and oxygen atoms in total. The molecule has 0 radical (unpaired) electrons. The molecule has 0 aromatic heterocycles. The average molecular weight is 376 g/mol. The van der Waals surface area contributed by atoms with Crippen LogP contribution >= 0.6 is 0 Å². The first-order chi connectivity index (χ1) is 12.6. The van der Waals surface area contributed by atoms with Gasteiger partial charge in [-0.2, -0.15) is 0 Å². The van der Waals surface area contributed by atoms with Gasteiger partial charge in [0.25, 0.3) is 0 Å². The van der Waals surface area contributed by atoms with Crippen molar-refractivity contribution in [3.8, 4) is 0 Å². The smallest absolute Gasteiger partial charge is 0.334 e. The molecular weight excluding hydrogens is 352 g/mol. The fourth-order valence-electron chi connectivity index (χ4n) is 4.87. The monoisotopic (exact) mass is 376 g/mol. The number of allylic oxidation sites excluding steroid dienone is 1. The van der Waals surface area contributed by atoms with Crippen LogP contribution in [-0.2, 0) is 28.8 Å². The van der Waals surface area contributed by atoms with Crippen molar-refractivity contribution < 1.29 is 33.9 Å². The van der Waals surface area contributed by atoms with E-state index in [1.807, 2.05) is 13.0 Å². The number of rotatable bonds is 2. The molecule has 7 heteroatoms. The highest BCUT2D eigenvalue weighted by Crippen LogP contribution is 2.61. The van der Waals surface area contributed by atoms with Crippen molar-refractivity contribution in [1.29, 1.82) is 0 Å². The summed E-state index contributed by atoms with van der Waals surface area (Å²) in [6.07, 6.45) is 3.83. The SMILES string of the molecule is C=C1C(=O)O[C@H]2[C@H]1[C@@H](OC(=O)/C(C)=C/C)C[C@@](C)(O)[C@]13C=C[C@](C)(OO1)[C@H]23. The number of hydrogen-bond acceptors (Lipinski definition) is 7. The Balaban J connectivity index is 1.80. The number of carbonyl (C=O) groups is 2. The largest absolute Gasteiger partial charge is 0.458 e. The Morgan fingerprint density at radius 3 is 2.67 bits per heavy atom. The van der Waals surface area contributed by atoms with E-state index in [4.69, 9.17) is 19.2 Å². The molecule has 3 fully saturated rings. The van der Waals surface area contributed by atoms with Gasteiger partial charge in [-0.15, -0.1) is 0 Å². The summed E-state index contributed by atoms with van der Waals surface area (Å²) < 4.78 is 11.4. The van der Waals surface area contributed by atoms with Gasteiger partial charge < -0.3 is 14.6 Å². The molecule has 1 N–H and O–H groups in total. The van der Waals surface area contributed by atoms with Crippen LogP contribution in [0.2, 0.25) is 0 Å². The van der Waals surface area contributed by atoms with Gasteiger partial charge in [0.15, 0.2) is 5.60 Å². The quantitative estimate of drug-likeness (QED) is 0.340. The Morgan fingerprint density at radius 2 is 2.07 bits per heavy atom. The van der Waals surface area contributed by atoms with Crippen LogP contribution in [-0.4, -0.2) is 46.1 Å². The Bertz CT molecular complexity index is 794. The number of fused-ring (bicyclic) bond motifs is 1. The van der Waals surface area contributed by atoms with Crippen molar-refractivity contribution in [2.45, 2.75) is 63.1 Å². The Morgan fingerprint density at radius 1 is 1.37 bits per heavy atom. The van der Waals surface area contributed by atoms with Crippen LogP contribution in [0.5, 0.6) is 0 Å². The molecular formula is C20H24O7. The molecule has 4 rings (SSSR count). The Labute approximate surface area is 157 Å². The zero-order valence-corrected chi connectivity index (χ0v) is 15.9. The second-order valence-corrected chi connectivity index (χ2v) is 8.27. The molecule has 0 spiro atoms. The van der Waals surface area contributed by atoms with Gasteiger partial charge in [0, 0.05) is 17.6 Å². The Hall–Kier alpha value is -1.96. The summed E-state index contributed by atoms with van der Waals surface area (Å²) in [6, 6.07) is 0. The average Bonchev–Trinajstić information content (AvgIpc) is 3.16. The summed E-state index contributed by atoms with van der Waals surface area (Å²) in [5.41, 5.74) is -2.81. The minimum absolute atomic E-state index is 0.0485. The third-order valence-corrected chi connectivity index (χ3v) is 6.55. The lowest BCUT2D eigenvalue weighted by Gasteiger charge is -2.40. The van der Waals surface area contributed by atoms with E-state index < -0.39 is 52.8 Å². The normalized spacial score (nSPS) is 48.1. The predicted octanol–water partition coefficient (Wildman–Crippen LogP) is 1.76. The first-order valence-corrected chi connectivity index (χ1v) is 9.09. The van der Waals surface area contributed by atoms with Crippen LogP contribution in [0.25, 0.3) is 0 Å². The number of ether oxygens (including phenoxy) is 2. The van der Waals surface area contributed by atoms with E-state index in [-0.39, 0.29) is 12.0 Å². The molecule has 146 valence electrons. The summed E-state index contributed by atoms with van der Waals surface area (Å²) in [5.74, 6) is -2.10. The molecule has 0 aromatic rings. The van der Waals surface area contributed by atoms with Gasteiger partial charge in [-0.1, -0.05) is 18.7 Å². The molecule has 2 aliphatic heterocycles. The van der Waals surface area contributed by atoms with Gasteiger partial charge in [0.2, 0.25) is 0 Å². The third kappa shape index (κ3) is 2.25. The highest BCUT2D eigenvalue weighted by Gasteiger charge is 2.75. The highest BCUT2D eigenvalue weighted by molar-refractivity contribution is 5.92. The molecule has 4 aliphatic rings. The minimum atomic E-state index is -1.42. The van der Waals surface area contributed by atoms with Crippen LogP contribution in [0, 0.1) is 11.8 Å².